The Morgan fingerprint density at radius 1 is 0.889 bits per heavy atom. The largest absolute Gasteiger partial charge is 0.452 e. The number of amides is 1. The van der Waals surface area contributed by atoms with Crippen molar-refractivity contribution in [2.24, 2.45) is 0 Å². The first-order chi connectivity index (χ1) is 13.1. The second-order valence-corrected chi connectivity index (χ2v) is 5.81. The number of aromatic nitrogens is 1. The van der Waals surface area contributed by atoms with E-state index in [0.717, 1.165) is 11.1 Å². The van der Waals surface area contributed by atoms with Gasteiger partial charge in [-0.3, -0.25) is 9.59 Å². The number of aromatic amines is 1. The quantitative estimate of drug-likeness (QED) is 0.659. The summed E-state index contributed by atoms with van der Waals surface area (Å²) in [5, 5.41) is 2.87. The van der Waals surface area contributed by atoms with E-state index in [4.69, 9.17) is 4.74 Å². The number of rotatable bonds is 6. The van der Waals surface area contributed by atoms with Crippen LogP contribution < -0.4 is 10.9 Å². The highest BCUT2D eigenvalue weighted by Gasteiger charge is 2.18. The van der Waals surface area contributed by atoms with Crippen LogP contribution in [0.5, 0.6) is 0 Å². The lowest BCUT2D eigenvalue weighted by atomic mass is 9.99. The van der Waals surface area contributed by atoms with Gasteiger partial charge in [-0.05, 0) is 23.3 Å². The molecule has 0 aliphatic carbocycles. The summed E-state index contributed by atoms with van der Waals surface area (Å²) >= 11 is 0. The molecule has 0 atom stereocenters. The van der Waals surface area contributed by atoms with Gasteiger partial charge < -0.3 is 15.0 Å². The van der Waals surface area contributed by atoms with Gasteiger partial charge in [0.15, 0.2) is 6.61 Å². The van der Waals surface area contributed by atoms with Crippen molar-refractivity contribution in [3.63, 3.8) is 0 Å². The molecule has 136 valence electrons. The van der Waals surface area contributed by atoms with E-state index < -0.39 is 24.0 Å². The first kappa shape index (κ1) is 18.1. The lowest BCUT2D eigenvalue weighted by Gasteiger charge is -2.19. The minimum Gasteiger partial charge on any atom is -0.452 e. The summed E-state index contributed by atoms with van der Waals surface area (Å²) in [6, 6.07) is 21.5. The predicted octanol–water partition coefficient (Wildman–Crippen LogP) is 2.44. The number of hydrogen-bond donors (Lipinski definition) is 2. The van der Waals surface area contributed by atoms with Crippen LogP contribution in [0.3, 0.4) is 0 Å². The van der Waals surface area contributed by atoms with E-state index in [1.165, 1.54) is 18.3 Å². The molecule has 0 saturated carbocycles. The van der Waals surface area contributed by atoms with Gasteiger partial charge in [0, 0.05) is 6.20 Å². The van der Waals surface area contributed by atoms with Crippen molar-refractivity contribution in [1.82, 2.24) is 10.3 Å². The van der Waals surface area contributed by atoms with Crippen molar-refractivity contribution in [3.05, 3.63) is 106 Å². The third-order valence-corrected chi connectivity index (χ3v) is 3.94. The molecule has 1 amide bonds. The van der Waals surface area contributed by atoms with Gasteiger partial charge >= 0.3 is 5.97 Å². The Hall–Kier alpha value is -3.67. The van der Waals surface area contributed by atoms with Crippen LogP contribution in [0, 0.1) is 0 Å². The van der Waals surface area contributed by atoms with Crippen LogP contribution in [0.1, 0.15) is 27.5 Å². The van der Waals surface area contributed by atoms with E-state index in [0.29, 0.717) is 0 Å². The molecule has 6 heteroatoms. The predicted molar refractivity (Wildman–Crippen MR) is 100 cm³/mol. The normalized spacial score (nSPS) is 10.4. The Labute approximate surface area is 155 Å². The molecular weight excluding hydrogens is 344 g/mol. The third-order valence-electron chi connectivity index (χ3n) is 3.94. The molecule has 0 aliphatic rings. The molecule has 0 spiro atoms. The number of hydrogen-bond acceptors (Lipinski definition) is 4. The van der Waals surface area contributed by atoms with Crippen LogP contribution in [0.4, 0.5) is 0 Å². The highest BCUT2D eigenvalue weighted by molar-refractivity contribution is 5.91. The summed E-state index contributed by atoms with van der Waals surface area (Å²) in [5.74, 6) is -1.31. The molecule has 1 aromatic heterocycles. The molecule has 0 radical (unpaired) electrons. The smallest absolute Gasteiger partial charge is 0.344 e. The van der Waals surface area contributed by atoms with Crippen LogP contribution in [0.15, 0.2) is 83.8 Å². The van der Waals surface area contributed by atoms with E-state index in [2.05, 4.69) is 10.3 Å². The third kappa shape index (κ3) is 4.70. The van der Waals surface area contributed by atoms with E-state index in [1.54, 1.807) is 0 Å². The van der Waals surface area contributed by atoms with Crippen molar-refractivity contribution in [1.29, 1.82) is 0 Å². The van der Waals surface area contributed by atoms with Gasteiger partial charge in [-0.2, -0.15) is 0 Å². The maximum atomic E-state index is 12.3. The highest BCUT2D eigenvalue weighted by atomic mass is 16.5. The van der Waals surface area contributed by atoms with Gasteiger partial charge in [0.2, 0.25) is 0 Å². The molecule has 0 aliphatic heterocycles. The first-order valence-electron chi connectivity index (χ1n) is 8.39. The Kier molecular flexibility index (Phi) is 5.79. The van der Waals surface area contributed by atoms with Crippen LogP contribution in [-0.2, 0) is 9.53 Å². The minimum atomic E-state index is -0.844. The number of benzene rings is 2. The highest BCUT2D eigenvalue weighted by Crippen LogP contribution is 2.21. The molecule has 27 heavy (non-hydrogen) atoms. The average molecular weight is 362 g/mol. The van der Waals surface area contributed by atoms with Crippen LogP contribution >= 0.6 is 0 Å². The maximum Gasteiger partial charge on any atom is 0.344 e. The molecule has 2 N–H and O–H groups in total. The van der Waals surface area contributed by atoms with Gasteiger partial charge in [0.25, 0.3) is 11.5 Å². The van der Waals surface area contributed by atoms with Crippen molar-refractivity contribution in [3.8, 4) is 0 Å². The summed E-state index contributed by atoms with van der Waals surface area (Å²) in [6.07, 6.45) is 1.41. The Morgan fingerprint density at radius 3 is 2.04 bits per heavy atom. The first-order valence-corrected chi connectivity index (χ1v) is 8.39. The van der Waals surface area contributed by atoms with E-state index in [9.17, 15) is 14.4 Å². The van der Waals surface area contributed by atoms with Crippen LogP contribution in [0.25, 0.3) is 0 Å². The summed E-state index contributed by atoms with van der Waals surface area (Å²) in [7, 11) is 0. The molecular formula is C21H18N2O4. The Balaban J connectivity index is 1.69. The standard InChI is InChI=1S/C21H18N2O4/c24-18(14-27-21(26)17-12-7-13-22-20(17)25)23-19(15-8-3-1-4-9-15)16-10-5-2-6-11-16/h1-13,19H,14H2,(H,22,25)(H,23,24). The second kappa shape index (κ2) is 8.62. The number of nitrogens with one attached hydrogen (secondary N) is 2. The molecule has 3 rings (SSSR count). The van der Waals surface area contributed by atoms with Crippen molar-refractivity contribution in [2.45, 2.75) is 6.04 Å². The summed E-state index contributed by atoms with van der Waals surface area (Å²) in [6.45, 7) is -0.483. The Bertz CT molecular complexity index is 928. The number of carbonyl (C=O) groups is 2. The van der Waals surface area contributed by atoms with Gasteiger partial charge in [-0.15, -0.1) is 0 Å². The van der Waals surface area contributed by atoms with E-state index in [1.807, 2.05) is 60.7 Å². The average Bonchev–Trinajstić information content (AvgIpc) is 2.72. The molecule has 1 heterocycles. The second-order valence-electron chi connectivity index (χ2n) is 5.81. The minimum absolute atomic E-state index is 0.145. The topological polar surface area (TPSA) is 88.3 Å². The zero-order valence-electron chi connectivity index (χ0n) is 14.4. The lowest BCUT2D eigenvalue weighted by molar-refractivity contribution is -0.124. The molecule has 0 bridgehead atoms. The number of esters is 1. The molecule has 0 saturated heterocycles. The molecule has 2 aromatic carbocycles. The SMILES string of the molecule is O=C(COC(=O)c1ccc[nH]c1=O)NC(c1ccccc1)c1ccccc1. The number of pyridine rings is 1. The zero-order valence-corrected chi connectivity index (χ0v) is 14.4. The van der Waals surface area contributed by atoms with Crippen molar-refractivity contribution in [2.75, 3.05) is 6.61 Å². The number of H-pyrrole nitrogens is 1. The van der Waals surface area contributed by atoms with Gasteiger partial charge in [0.1, 0.15) is 5.56 Å². The van der Waals surface area contributed by atoms with Crippen LogP contribution in [0.2, 0.25) is 0 Å². The van der Waals surface area contributed by atoms with Gasteiger partial charge in [-0.25, -0.2) is 4.79 Å². The fourth-order valence-corrected chi connectivity index (χ4v) is 2.64. The maximum absolute atomic E-state index is 12.3. The lowest BCUT2D eigenvalue weighted by Crippen LogP contribution is -2.33. The summed E-state index contributed by atoms with van der Waals surface area (Å²) in [5.41, 5.74) is 1.10. The van der Waals surface area contributed by atoms with Gasteiger partial charge in [-0.1, -0.05) is 60.7 Å². The monoisotopic (exact) mass is 362 g/mol. The molecule has 6 nitrogen and oxygen atoms in total. The molecule has 3 aromatic rings. The molecule has 0 unspecified atom stereocenters. The van der Waals surface area contributed by atoms with E-state index in [-0.39, 0.29) is 11.6 Å². The summed E-state index contributed by atoms with van der Waals surface area (Å²) in [4.78, 5) is 38.3. The van der Waals surface area contributed by atoms with Crippen LogP contribution in [-0.4, -0.2) is 23.5 Å². The zero-order chi connectivity index (χ0) is 19.1. The van der Waals surface area contributed by atoms with E-state index >= 15 is 0 Å². The molecule has 0 fully saturated rings. The number of ether oxygens (including phenoxy) is 1. The van der Waals surface area contributed by atoms with Gasteiger partial charge in [0.05, 0.1) is 6.04 Å². The fourth-order valence-electron chi connectivity index (χ4n) is 2.64. The fraction of sp³-hybridized carbons (Fsp3) is 0.0952. The number of carbonyl (C=O) groups excluding carboxylic acids is 2. The summed E-state index contributed by atoms with van der Waals surface area (Å²) < 4.78 is 4.97. The van der Waals surface area contributed by atoms with Crippen molar-refractivity contribution >= 4 is 11.9 Å². The van der Waals surface area contributed by atoms with Crippen molar-refractivity contribution < 1.29 is 14.3 Å². The Morgan fingerprint density at radius 2 is 1.48 bits per heavy atom.